The molecule has 9 heteroatoms. The van der Waals surface area contributed by atoms with Crippen LogP contribution in [0.4, 0.5) is 5.69 Å². The standard InChI is InChI=1S/C26H26N2O6S/c1-33-24-14-8-7-13-22(24)27-25(29)18-34-26(30)17-23-21-12-6-5-9-19(21)15-16-28(23)35(31,32)20-10-3-2-4-11-20/h2-14,23H,15-18H2,1H3,(H,27,29)/t23-/m0/s1. The maximum absolute atomic E-state index is 13.4. The fourth-order valence-electron chi connectivity index (χ4n) is 4.15. The Balaban J connectivity index is 1.48. The zero-order chi connectivity index (χ0) is 24.8. The predicted octanol–water partition coefficient (Wildman–Crippen LogP) is 3.56. The Labute approximate surface area is 204 Å². The Morgan fingerprint density at radius 2 is 1.66 bits per heavy atom. The van der Waals surface area contributed by atoms with Gasteiger partial charge in [-0.15, -0.1) is 0 Å². The first-order chi connectivity index (χ1) is 16.9. The van der Waals surface area contributed by atoms with Gasteiger partial charge in [-0.1, -0.05) is 54.6 Å². The maximum Gasteiger partial charge on any atom is 0.308 e. The molecule has 1 amide bonds. The normalized spacial score (nSPS) is 15.6. The van der Waals surface area contributed by atoms with Crippen LogP contribution in [0, 0.1) is 0 Å². The van der Waals surface area contributed by atoms with Gasteiger partial charge in [0.1, 0.15) is 5.75 Å². The third kappa shape index (κ3) is 5.52. The number of nitrogens with zero attached hydrogens (tertiary/aromatic N) is 1. The number of benzene rings is 3. The van der Waals surface area contributed by atoms with E-state index in [1.165, 1.54) is 23.5 Å². The van der Waals surface area contributed by atoms with Gasteiger partial charge >= 0.3 is 5.97 Å². The Morgan fingerprint density at radius 1 is 0.971 bits per heavy atom. The molecule has 1 heterocycles. The van der Waals surface area contributed by atoms with Crippen LogP contribution in [0.3, 0.4) is 0 Å². The fraction of sp³-hybridized carbons (Fsp3) is 0.231. The number of ether oxygens (including phenoxy) is 2. The summed E-state index contributed by atoms with van der Waals surface area (Å²) in [5, 5.41) is 2.64. The Kier molecular flexibility index (Phi) is 7.48. The lowest BCUT2D eigenvalue weighted by atomic mass is 9.92. The van der Waals surface area contributed by atoms with Gasteiger partial charge in [-0.25, -0.2) is 8.42 Å². The number of carbonyl (C=O) groups excluding carboxylic acids is 2. The molecule has 0 bridgehead atoms. The van der Waals surface area contributed by atoms with E-state index in [0.717, 1.165) is 11.1 Å². The second-order valence-corrected chi connectivity index (χ2v) is 9.90. The van der Waals surface area contributed by atoms with Crippen molar-refractivity contribution < 1.29 is 27.5 Å². The number of anilines is 1. The van der Waals surface area contributed by atoms with Crippen LogP contribution in [0.5, 0.6) is 5.75 Å². The highest BCUT2D eigenvalue weighted by atomic mass is 32.2. The van der Waals surface area contributed by atoms with Gasteiger partial charge < -0.3 is 14.8 Å². The SMILES string of the molecule is COc1ccccc1NC(=O)COC(=O)C[C@H]1c2ccccc2CCN1S(=O)(=O)c1ccccc1. The third-order valence-electron chi connectivity index (χ3n) is 5.82. The number of esters is 1. The van der Waals surface area contributed by atoms with Gasteiger partial charge in [0.2, 0.25) is 10.0 Å². The van der Waals surface area contributed by atoms with Gasteiger partial charge in [0.25, 0.3) is 5.91 Å². The fourth-order valence-corrected chi connectivity index (χ4v) is 5.78. The van der Waals surface area contributed by atoms with Gasteiger partial charge in [-0.05, 0) is 41.8 Å². The van der Waals surface area contributed by atoms with E-state index in [1.807, 2.05) is 24.3 Å². The monoisotopic (exact) mass is 494 g/mol. The molecular formula is C26H26N2O6S. The lowest BCUT2D eigenvalue weighted by Crippen LogP contribution is -2.41. The molecule has 0 fully saturated rings. The zero-order valence-corrected chi connectivity index (χ0v) is 20.0. The quantitative estimate of drug-likeness (QED) is 0.481. The molecule has 0 radical (unpaired) electrons. The molecule has 0 unspecified atom stereocenters. The zero-order valence-electron chi connectivity index (χ0n) is 19.2. The van der Waals surface area contributed by atoms with E-state index in [9.17, 15) is 18.0 Å². The summed E-state index contributed by atoms with van der Waals surface area (Å²) in [6.45, 7) is -0.267. The first kappa shape index (κ1) is 24.4. The van der Waals surface area contributed by atoms with E-state index < -0.39 is 34.5 Å². The van der Waals surface area contributed by atoms with Crippen molar-refractivity contribution in [1.29, 1.82) is 0 Å². The summed E-state index contributed by atoms with van der Waals surface area (Å²) in [6.07, 6.45) is 0.320. The summed E-state index contributed by atoms with van der Waals surface area (Å²) < 4.78 is 38.6. The van der Waals surface area contributed by atoms with E-state index in [4.69, 9.17) is 9.47 Å². The number of para-hydroxylation sites is 2. The van der Waals surface area contributed by atoms with Crippen molar-refractivity contribution in [2.24, 2.45) is 0 Å². The summed E-state index contributed by atoms with van der Waals surface area (Å²) in [5.41, 5.74) is 2.20. The Morgan fingerprint density at radius 3 is 2.43 bits per heavy atom. The minimum atomic E-state index is -3.85. The second kappa shape index (κ2) is 10.7. The molecule has 0 aromatic heterocycles. The second-order valence-electron chi connectivity index (χ2n) is 8.01. The van der Waals surface area contributed by atoms with E-state index >= 15 is 0 Å². The molecule has 0 saturated heterocycles. The molecule has 8 nitrogen and oxygen atoms in total. The first-order valence-electron chi connectivity index (χ1n) is 11.1. The number of methoxy groups -OCH3 is 1. The summed E-state index contributed by atoms with van der Waals surface area (Å²) in [7, 11) is -2.36. The predicted molar refractivity (Wildman–Crippen MR) is 130 cm³/mol. The Hall–Kier alpha value is -3.69. The average Bonchev–Trinajstić information content (AvgIpc) is 2.88. The van der Waals surface area contributed by atoms with Gasteiger partial charge in [0.15, 0.2) is 6.61 Å². The van der Waals surface area contributed by atoms with Gasteiger partial charge in [0.05, 0.1) is 30.2 Å². The Bertz CT molecular complexity index is 1310. The molecular weight excluding hydrogens is 468 g/mol. The molecule has 3 aromatic carbocycles. The molecule has 3 aromatic rings. The molecule has 1 N–H and O–H groups in total. The summed E-state index contributed by atoms with van der Waals surface area (Å²) in [4.78, 5) is 25.3. The summed E-state index contributed by atoms with van der Waals surface area (Å²) >= 11 is 0. The van der Waals surface area contributed by atoms with Crippen LogP contribution in [-0.2, 0) is 30.8 Å². The number of carbonyl (C=O) groups is 2. The van der Waals surface area contributed by atoms with Gasteiger partial charge in [0, 0.05) is 6.54 Å². The highest BCUT2D eigenvalue weighted by Gasteiger charge is 2.37. The molecule has 4 rings (SSSR count). The lowest BCUT2D eigenvalue weighted by molar-refractivity contribution is -0.148. The smallest absolute Gasteiger partial charge is 0.308 e. The molecule has 0 spiro atoms. The molecule has 1 aliphatic rings. The van der Waals surface area contributed by atoms with Crippen LogP contribution < -0.4 is 10.1 Å². The van der Waals surface area contributed by atoms with Crippen molar-refractivity contribution >= 4 is 27.6 Å². The van der Waals surface area contributed by atoms with Crippen molar-refractivity contribution in [3.63, 3.8) is 0 Å². The van der Waals surface area contributed by atoms with Crippen molar-refractivity contribution in [3.8, 4) is 5.75 Å². The highest BCUT2D eigenvalue weighted by Crippen LogP contribution is 2.36. The molecule has 0 aliphatic carbocycles. The number of hydrogen-bond donors (Lipinski definition) is 1. The van der Waals surface area contributed by atoms with Crippen molar-refractivity contribution in [1.82, 2.24) is 4.31 Å². The summed E-state index contributed by atoms with van der Waals surface area (Å²) in [5.74, 6) is -0.719. The van der Waals surface area contributed by atoms with E-state index in [-0.39, 0.29) is 17.9 Å². The topological polar surface area (TPSA) is 102 Å². The maximum atomic E-state index is 13.4. The minimum Gasteiger partial charge on any atom is -0.495 e. The lowest BCUT2D eigenvalue weighted by Gasteiger charge is -2.36. The van der Waals surface area contributed by atoms with Crippen LogP contribution in [0.15, 0.2) is 83.8 Å². The largest absolute Gasteiger partial charge is 0.495 e. The van der Waals surface area contributed by atoms with Crippen LogP contribution >= 0.6 is 0 Å². The number of amides is 1. The van der Waals surface area contributed by atoms with E-state index in [1.54, 1.807) is 42.5 Å². The first-order valence-corrected chi connectivity index (χ1v) is 12.6. The van der Waals surface area contributed by atoms with Crippen LogP contribution in [0.2, 0.25) is 0 Å². The molecule has 182 valence electrons. The van der Waals surface area contributed by atoms with E-state index in [0.29, 0.717) is 17.9 Å². The number of hydrogen-bond acceptors (Lipinski definition) is 6. The average molecular weight is 495 g/mol. The van der Waals surface area contributed by atoms with Crippen molar-refractivity contribution in [3.05, 3.63) is 90.0 Å². The van der Waals surface area contributed by atoms with E-state index in [2.05, 4.69) is 5.32 Å². The van der Waals surface area contributed by atoms with Crippen molar-refractivity contribution in [2.75, 3.05) is 25.6 Å². The highest BCUT2D eigenvalue weighted by molar-refractivity contribution is 7.89. The third-order valence-corrected chi connectivity index (χ3v) is 7.74. The number of rotatable bonds is 8. The van der Waals surface area contributed by atoms with Crippen molar-refractivity contribution in [2.45, 2.75) is 23.8 Å². The van der Waals surface area contributed by atoms with Crippen LogP contribution in [-0.4, -0.2) is 44.9 Å². The van der Waals surface area contributed by atoms with Gasteiger partial charge in [-0.3, -0.25) is 9.59 Å². The molecule has 1 atom stereocenters. The van der Waals surface area contributed by atoms with Crippen LogP contribution in [0.1, 0.15) is 23.6 Å². The molecule has 0 saturated carbocycles. The number of nitrogens with one attached hydrogen (secondary N) is 1. The summed E-state index contributed by atoms with van der Waals surface area (Å²) in [6, 6.07) is 21.7. The number of sulfonamides is 1. The van der Waals surface area contributed by atoms with Gasteiger partial charge in [-0.2, -0.15) is 4.31 Å². The molecule has 1 aliphatic heterocycles. The molecule has 35 heavy (non-hydrogen) atoms. The van der Waals surface area contributed by atoms with Crippen LogP contribution in [0.25, 0.3) is 0 Å². The minimum absolute atomic E-state index is 0.161. The number of fused-ring (bicyclic) bond motifs is 1.